The number of carbonyl (C=O) groups excluding carboxylic acids is 1. The van der Waals surface area contributed by atoms with Gasteiger partial charge in [-0.2, -0.15) is 0 Å². The number of halogens is 2. The molecular formula is C25H25Cl2N3O3S. The van der Waals surface area contributed by atoms with Crippen LogP contribution in [0.2, 0.25) is 10.0 Å². The molecule has 0 unspecified atom stereocenters. The highest BCUT2D eigenvalue weighted by Gasteiger charge is 2.26. The molecular weight excluding hydrogens is 493 g/mol. The summed E-state index contributed by atoms with van der Waals surface area (Å²) in [6.07, 6.45) is 0. The van der Waals surface area contributed by atoms with E-state index in [0.29, 0.717) is 36.9 Å². The van der Waals surface area contributed by atoms with E-state index in [-0.39, 0.29) is 21.4 Å². The molecule has 1 fully saturated rings. The van der Waals surface area contributed by atoms with E-state index in [4.69, 9.17) is 23.2 Å². The number of sulfonamides is 1. The van der Waals surface area contributed by atoms with Crippen molar-refractivity contribution in [3.63, 3.8) is 0 Å². The van der Waals surface area contributed by atoms with Crippen LogP contribution in [0.5, 0.6) is 0 Å². The Morgan fingerprint density at radius 3 is 2.35 bits per heavy atom. The van der Waals surface area contributed by atoms with Crippen molar-refractivity contribution < 1.29 is 13.2 Å². The minimum Gasteiger partial charge on any atom is -0.368 e. The van der Waals surface area contributed by atoms with Crippen LogP contribution in [0.15, 0.2) is 65.6 Å². The minimum absolute atomic E-state index is 0.0537. The molecule has 0 aromatic heterocycles. The van der Waals surface area contributed by atoms with Crippen LogP contribution in [-0.2, 0) is 10.0 Å². The molecule has 3 aromatic rings. The van der Waals surface area contributed by atoms with Gasteiger partial charge in [-0.3, -0.25) is 9.52 Å². The molecule has 178 valence electrons. The molecule has 0 atom stereocenters. The fourth-order valence-corrected chi connectivity index (χ4v) is 5.76. The summed E-state index contributed by atoms with van der Waals surface area (Å²) in [5.74, 6) is -0.230. The second-order valence-corrected chi connectivity index (χ2v) is 10.8. The highest BCUT2D eigenvalue weighted by atomic mass is 35.5. The zero-order valence-corrected chi connectivity index (χ0v) is 21.2. The quantitative estimate of drug-likeness (QED) is 0.493. The van der Waals surface area contributed by atoms with Gasteiger partial charge in [-0.25, -0.2) is 8.42 Å². The van der Waals surface area contributed by atoms with E-state index in [9.17, 15) is 13.2 Å². The van der Waals surface area contributed by atoms with Gasteiger partial charge in [0.05, 0.1) is 5.02 Å². The second-order valence-electron chi connectivity index (χ2n) is 8.33. The Morgan fingerprint density at radius 2 is 1.65 bits per heavy atom. The Bertz CT molecular complexity index is 1340. The Hall–Kier alpha value is -2.74. The number of nitrogens with one attached hydrogen (secondary N) is 1. The van der Waals surface area contributed by atoms with Crippen molar-refractivity contribution in [3.05, 3.63) is 87.4 Å². The number of piperazine rings is 1. The van der Waals surface area contributed by atoms with Gasteiger partial charge >= 0.3 is 0 Å². The van der Waals surface area contributed by atoms with Gasteiger partial charge in [0, 0.05) is 48.1 Å². The van der Waals surface area contributed by atoms with Crippen LogP contribution in [0, 0.1) is 13.8 Å². The Kier molecular flexibility index (Phi) is 7.07. The zero-order valence-electron chi connectivity index (χ0n) is 18.9. The number of carbonyl (C=O) groups is 1. The van der Waals surface area contributed by atoms with Crippen LogP contribution in [0.4, 0.5) is 11.4 Å². The van der Waals surface area contributed by atoms with E-state index in [0.717, 1.165) is 16.8 Å². The summed E-state index contributed by atoms with van der Waals surface area (Å²) in [5, 5.41) is 0.728. The van der Waals surface area contributed by atoms with Crippen LogP contribution in [0.3, 0.4) is 0 Å². The topological polar surface area (TPSA) is 69.7 Å². The van der Waals surface area contributed by atoms with Gasteiger partial charge in [0.2, 0.25) is 0 Å². The average Bonchev–Trinajstić information content (AvgIpc) is 2.80. The first-order valence-electron chi connectivity index (χ1n) is 10.8. The number of benzene rings is 3. The van der Waals surface area contributed by atoms with E-state index in [2.05, 4.69) is 9.62 Å². The van der Waals surface area contributed by atoms with Crippen molar-refractivity contribution in [2.24, 2.45) is 0 Å². The third kappa shape index (κ3) is 5.32. The third-order valence-corrected chi connectivity index (χ3v) is 7.91. The van der Waals surface area contributed by atoms with Crippen molar-refractivity contribution in [2.45, 2.75) is 18.7 Å². The van der Waals surface area contributed by atoms with Gasteiger partial charge < -0.3 is 9.80 Å². The minimum atomic E-state index is -3.97. The molecule has 34 heavy (non-hydrogen) atoms. The predicted octanol–water partition coefficient (Wildman–Crippen LogP) is 5.37. The predicted molar refractivity (Wildman–Crippen MR) is 138 cm³/mol. The van der Waals surface area contributed by atoms with Crippen molar-refractivity contribution in [1.82, 2.24) is 4.90 Å². The number of rotatable bonds is 5. The molecule has 0 saturated carbocycles. The van der Waals surface area contributed by atoms with Gasteiger partial charge in [-0.1, -0.05) is 41.4 Å². The molecule has 1 aliphatic rings. The van der Waals surface area contributed by atoms with E-state index >= 15 is 0 Å². The molecule has 1 amide bonds. The fraction of sp³-hybridized carbons (Fsp3) is 0.240. The number of nitrogens with zero attached hydrogens (tertiary/aromatic N) is 2. The van der Waals surface area contributed by atoms with E-state index in [1.54, 1.807) is 29.2 Å². The summed E-state index contributed by atoms with van der Waals surface area (Å²) in [7, 11) is -3.97. The van der Waals surface area contributed by atoms with E-state index in [1.165, 1.54) is 12.1 Å². The summed E-state index contributed by atoms with van der Waals surface area (Å²) in [4.78, 5) is 17.0. The van der Waals surface area contributed by atoms with Crippen LogP contribution >= 0.6 is 23.2 Å². The summed E-state index contributed by atoms with van der Waals surface area (Å²) in [5.41, 5.74) is 3.81. The highest BCUT2D eigenvalue weighted by Crippen LogP contribution is 2.28. The lowest BCUT2D eigenvalue weighted by Gasteiger charge is -2.37. The maximum absolute atomic E-state index is 13.2. The molecule has 0 aliphatic carbocycles. The second kappa shape index (κ2) is 9.86. The van der Waals surface area contributed by atoms with Crippen LogP contribution < -0.4 is 9.62 Å². The van der Waals surface area contributed by atoms with Crippen LogP contribution in [-0.4, -0.2) is 45.4 Å². The summed E-state index contributed by atoms with van der Waals surface area (Å²) >= 11 is 12.4. The summed E-state index contributed by atoms with van der Waals surface area (Å²) < 4.78 is 28.6. The monoisotopic (exact) mass is 517 g/mol. The first kappa shape index (κ1) is 24.4. The molecule has 1 aliphatic heterocycles. The van der Waals surface area contributed by atoms with Crippen molar-refractivity contribution in [1.29, 1.82) is 0 Å². The molecule has 0 bridgehead atoms. The standard InChI is InChI=1S/C25H25Cl2N3O3S/c1-17-4-3-5-21(14-17)28-34(32,33)24-15-19(7-9-22(24)27)25(31)30-12-10-29(11-13-30)23-16-20(26)8-6-18(23)2/h3-9,14-16,28H,10-13H2,1-2H3. The molecule has 1 heterocycles. The SMILES string of the molecule is Cc1cccc(NS(=O)(=O)c2cc(C(=O)N3CCN(c4cc(Cl)ccc4C)CC3)ccc2Cl)c1. The summed E-state index contributed by atoms with van der Waals surface area (Å²) in [6, 6.07) is 17.2. The number of amides is 1. The Labute approximate surface area is 210 Å². The number of hydrogen-bond acceptors (Lipinski definition) is 4. The first-order chi connectivity index (χ1) is 16.1. The normalized spacial score (nSPS) is 14.2. The smallest absolute Gasteiger partial charge is 0.263 e. The van der Waals surface area contributed by atoms with Crippen LogP contribution in [0.25, 0.3) is 0 Å². The first-order valence-corrected chi connectivity index (χ1v) is 13.1. The zero-order chi connectivity index (χ0) is 24.5. The largest absolute Gasteiger partial charge is 0.368 e. The molecule has 6 nitrogen and oxygen atoms in total. The lowest BCUT2D eigenvalue weighted by atomic mass is 10.1. The maximum Gasteiger partial charge on any atom is 0.263 e. The lowest BCUT2D eigenvalue weighted by molar-refractivity contribution is 0.0746. The molecule has 1 N–H and O–H groups in total. The van der Waals surface area contributed by atoms with Crippen molar-refractivity contribution in [3.8, 4) is 0 Å². The van der Waals surface area contributed by atoms with Crippen molar-refractivity contribution in [2.75, 3.05) is 35.8 Å². The molecule has 0 radical (unpaired) electrons. The van der Waals surface area contributed by atoms with Gasteiger partial charge in [0.1, 0.15) is 4.90 Å². The maximum atomic E-state index is 13.2. The summed E-state index contributed by atoms with van der Waals surface area (Å²) in [6.45, 7) is 6.23. The number of aryl methyl sites for hydroxylation is 2. The molecule has 4 rings (SSSR count). The van der Waals surface area contributed by atoms with E-state index in [1.807, 2.05) is 38.1 Å². The Balaban J connectivity index is 1.50. The number of anilines is 2. The van der Waals surface area contributed by atoms with Gasteiger partial charge in [0.15, 0.2) is 0 Å². The highest BCUT2D eigenvalue weighted by molar-refractivity contribution is 7.92. The van der Waals surface area contributed by atoms with Crippen molar-refractivity contribution >= 4 is 50.5 Å². The average molecular weight is 518 g/mol. The van der Waals surface area contributed by atoms with Gasteiger partial charge in [-0.15, -0.1) is 0 Å². The van der Waals surface area contributed by atoms with E-state index < -0.39 is 10.0 Å². The van der Waals surface area contributed by atoms with Crippen LogP contribution in [0.1, 0.15) is 21.5 Å². The van der Waals surface area contributed by atoms with Gasteiger partial charge in [-0.05, 0) is 67.4 Å². The molecule has 3 aromatic carbocycles. The number of hydrogen-bond donors (Lipinski definition) is 1. The molecule has 0 spiro atoms. The lowest BCUT2D eigenvalue weighted by Crippen LogP contribution is -2.49. The molecule has 1 saturated heterocycles. The third-order valence-electron chi connectivity index (χ3n) is 5.82. The fourth-order valence-electron chi connectivity index (χ4n) is 4.02. The van der Waals surface area contributed by atoms with Gasteiger partial charge in [0.25, 0.3) is 15.9 Å². The molecule has 9 heteroatoms. The Morgan fingerprint density at radius 1 is 0.912 bits per heavy atom.